The predicted octanol–water partition coefficient (Wildman–Crippen LogP) is 3.42. The molecule has 2 rings (SSSR count). The van der Waals surface area contributed by atoms with E-state index in [2.05, 4.69) is 32.9 Å². The third-order valence-corrected chi connectivity index (χ3v) is 4.82. The van der Waals surface area contributed by atoms with Gasteiger partial charge in [-0.3, -0.25) is 15.0 Å². The highest BCUT2D eigenvalue weighted by Crippen LogP contribution is 2.30. The molecule has 0 aromatic heterocycles. The van der Waals surface area contributed by atoms with E-state index in [0.717, 1.165) is 37.2 Å². The zero-order chi connectivity index (χ0) is 15.4. The summed E-state index contributed by atoms with van der Waals surface area (Å²) in [6, 6.07) is 5.10. The van der Waals surface area contributed by atoms with Crippen molar-refractivity contribution in [3.8, 4) is 0 Å². The standard InChI is InChI=1S/C14H18BrN3O3/c1-2-10-8-17(7-6-12(10)16-19)9-11-4-3-5-13(14(11)15)18(20)21/h3-5,10,19H,2,6-9H2,1H3/b16-12+. The van der Waals surface area contributed by atoms with Gasteiger partial charge < -0.3 is 5.21 Å². The summed E-state index contributed by atoms with van der Waals surface area (Å²) in [5.41, 5.74) is 1.85. The predicted molar refractivity (Wildman–Crippen MR) is 83.7 cm³/mol. The first-order valence-corrected chi connectivity index (χ1v) is 7.71. The highest BCUT2D eigenvalue weighted by Gasteiger charge is 2.26. The van der Waals surface area contributed by atoms with Crippen LogP contribution in [0.4, 0.5) is 5.69 Å². The van der Waals surface area contributed by atoms with Crippen LogP contribution in [0, 0.1) is 16.0 Å². The van der Waals surface area contributed by atoms with Crippen LogP contribution < -0.4 is 0 Å². The van der Waals surface area contributed by atoms with E-state index < -0.39 is 0 Å². The molecule has 1 heterocycles. The number of nitrogens with zero attached hydrogens (tertiary/aromatic N) is 3. The van der Waals surface area contributed by atoms with Gasteiger partial charge in [0.05, 0.1) is 15.1 Å². The van der Waals surface area contributed by atoms with Gasteiger partial charge in [0.2, 0.25) is 0 Å². The Morgan fingerprint density at radius 3 is 2.95 bits per heavy atom. The van der Waals surface area contributed by atoms with E-state index in [-0.39, 0.29) is 16.5 Å². The minimum atomic E-state index is -0.380. The first-order chi connectivity index (χ1) is 10.1. The van der Waals surface area contributed by atoms with E-state index in [9.17, 15) is 10.1 Å². The van der Waals surface area contributed by atoms with Crippen LogP contribution in [0.1, 0.15) is 25.3 Å². The fraction of sp³-hybridized carbons (Fsp3) is 0.500. The molecule has 7 heteroatoms. The highest BCUT2D eigenvalue weighted by molar-refractivity contribution is 9.10. The molecule has 0 amide bonds. The first-order valence-electron chi connectivity index (χ1n) is 6.91. The Labute approximate surface area is 131 Å². The monoisotopic (exact) mass is 355 g/mol. The molecule has 1 aromatic carbocycles. The van der Waals surface area contributed by atoms with Gasteiger partial charge in [0.1, 0.15) is 0 Å². The van der Waals surface area contributed by atoms with Gasteiger partial charge in [-0.25, -0.2) is 0 Å². The average Bonchev–Trinajstić information content (AvgIpc) is 2.48. The number of likely N-dealkylation sites (tertiary alicyclic amines) is 1. The van der Waals surface area contributed by atoms with Gasteiger partial charge in [-0.2, -0.15) is 0 Å². The molecule has 0 aliphatic carbocycles. The van der Waals surface area contributed by atoms with Gasteiger partial charge >= 0.3 is 0 Å². The van der Waals surface area contributed by atoms with Crippen molar-refractivity contribution in [1.82, 2.24) is 4.90 Å². The van der Waals surface area contributed by atoms with Crippen LogP contribution >= 0.6 is 15.9 Å². The van der Waals surface area contributed by atoms with Gasteiger partial charge in [-0.05, 0) is 27.9 Å². The lowest BCUT2D eigenvalue weighted by atomic mass is 9.93. The zero-order valence-electron chi connectivity index (χ0n) is 11.8. The van der Waals surface area contributed by atoms with Gasteiger partial charge in [0.25, 0.3) is 5.69 Å². The van der Waals surface area contributed by atoms with E-state index in [1.165, 1.54) is 6.07 Å². The second kappa shape index (κ2) is 7.00. The van der Waals surface area contributed by atoms with Gasteiger partial charge in [0, 0.05) is 38.0 Å². The summed E-state index contributed by atoms with van der Waals surface area (Å²) in [6.45, 7) is 4.33. The molecule has 1 aliphatic heterocycles. The maximum atomic E-state index is 11.0. The summed E-state index contributed by atoms with van der Waals surface area (Å²) in [4.78, 5) is 12.8. The summed E-state index contributed by atoms with van der Waals surface area (Å²) in [5, 5.41) is 23.3. The van der Waals surface area contributed by atoms with Crippen molar-refractivity contribution in [2.45, 2.75) is 26.3 Å². The lowest BCUT2D eigenvalue weighted by Crippen LogP contribution is -2.40. The van der Waals surface area contributed by atoms with Crippen LogP contribution in [0.3, 0.4) is 0 Å². The Morgan fingerprint density at radius 2 is 2.33 bits per heavy atom. The van der Waals surface area contributed by atoms with Gasteiger partial charge in [-0.1, -0.05) is 24.2 Å². The summed E-state index contributed by atoms with van der Waals surface area (Å²) in [7, 11) is 0. The second-order valence-corrected chi connectivity index (χ2v) is 5.98. The number of nitro groups is 1. The maximum absolute atomic E-state index is 11.0. The van der Waals surface area contributed by atoms with E-state index in [1.54, 1.807) is 6.07 Å². The maximum Gasteiger partial charge on any atom is 0.283 e. The van der Waals surface area contributed by atoms with Crippen LogP contribution in [0.15, 0.2) is 27.8 Å². The van der Waals surface area contributed by atoms with E-state index in [1.807, 2.05) is 6.07 Å². The normalized spacial score (nSPS) is 21.6. The van der Waals surface area contributed by atoms with Crippen molar-refractivity contribution < 1.29 is 10.1 Å². The smallest absolute Gasteiger partial charge is 0.283 e. The third-order valence-electron chi connectivity index (χ3n) is 3.90. The molecule has 1 atom stereocenters. The van der Waals surface area contributed by atoms with Crippen molar-refractivity contribution >= 4 is 27.3 Å². The molecular weight excluding hydrogens is 338 g/mol. The van der Waals surface area contributed by atoms with Crippen LogP contribution in [0.5, 0.6) is 0 Å². The molecule has 1 unspecified atom stereocenters. The molecule has 0 saturated carbocycles. The number of benzene rings is 1. The molecule has 0 radical (unpaired) electrons. The molecule has 6 nitrogen and oxygen atoms in total. The van der Waals surface area contributed by atoms with Crippen molar-refractivity contribution in [2.75, 3.05) is 13.1 Å². The van der Waals surface area contributed by atoms with Crippen molar-refractivity contribution in [2.24, 2.45) is 11.1 Å². The molecule has 21 heavy (non-hydrogen) atoms. The van der Waals surface area contributed by atoms with Crippen molar-refractivity contribution in [1.29, 1.82) is 0 Å². The summed E-state index contributed by atoms with van der Waals surface area (Å²) in [6.07, 6.45) is 1.66. The number of hydrogen-bond donors (Lipinski definition) is 1. The van der Waals surface area contributed by atoms with Gasteiger partial charge in [-0.15, -0.1) is 0 Å². The molecule has 1 aromatic rings. The Bertz CT molecular complexity index is 562. The average molecular weight is 356 g/mol. The van der Waals surface area contributed by atoms with Gasteiger partial charge in [0.15, 0.2) is 0 Å². The number of piperidine rings is 1. The van der Waals surface area contributed by atoms with Crippen molar-refractivity contribution in [3.63, 3.8) is 0 Å². The second-order valence-electron chi connectivity index (χ2n) is 5.19. The number of rotatable bonds is 4. The SMILES string of the molecule is CCC1CN(Cc2cccc([N+](=O)[O-])c2Br)CC/C1=N\O. The number of hydrogen-bond acceptors (Lipinski definition) is 5. The lowest BCUT2D eigenvalue weighted by Gasteiger charge is -2.32. The zero-order valence-corrected chi connectivity index (χ0v) is 13.4. The molecule has 1 saturated heterocycles. The van der Waals surface area contributed by atoms with Crippen LogP contribution in [-0.4, -0.2) is 33.8 Å². The Hall–Kier alpha value is -1.47. The molecule has 1 aliphatic rings. The minimum Gasteiger partial charge on any atom is -0.411 e. The summed E-state index contributed by atoms with van der Waals surface area (Å²) < 4.78 is 0.546. The third kappa shape index (κ3) is 3.59. The van der Waals surface area contributed by atoms with E-state index in [0.29, 0.717) is 11.0 Å². The van der Waals surface area contributed by atoms with Crippen molar-refractivity contribution in [3.05, 3.63) is 38.3 Å². The molecule has 114 valence electrons. The molecule has 1 fully saturated rings. The quantitative estimate of drug-likeness (QED) is 0.509. The topological polar surface area (TPSA) is 79.0 Å². The lowest BCUT2D eigenvalue weighted by molar-refractivity contribution is -0.385. The molecular formula is C14H18BrN3O3. The number of nitro benzene ring substituents is 1. The number of halogens is 1. The molecule has 0 bridgehead atoms. The minimum absolute atomic E-state index is 0.0918. The van der Waals surface area contributed by atoms with E-state index >= 15 is 0 Å². The van der Waals surface area contributed by atoms with E-state index in [4.69, 9.17) is 5.21 Å². The Morgan fingerprint density at radius 1 is 1.57 bits per heavy atom. The Balaban J connectivity index is 2.13. The first kappa shape index (κ1) is 15.9. The fourth-order valence-electron chi connectivity index (χ4n) is 2.70. The number of oxime groups is 1. The largest absolute Gasteiger partial charge is 0.411 e. The fourth-order valence-corrected chi connectivity index (χ4v) is 3.23. The summed E-state index contributed by atoms with van der Waals surface area (Å²) in [5.74, 6) is 0.251. The summed E-state index contributed by atoms with van der Waals surface area (Å²) >= 11 is 3.33. The molecule has 0 spiro atoms. The van der Waals surface area contributed by atoms with Crippen LogP contribution in [0.25, 0.3) is 0 Å². The highest BCUT2D eigenvalue weighted by atomic mass is 79.9. The van der Waals surface area contributed by atoms with Crippen LogP contribution in [-0.2, 0) is 6.54 Å². The molecule has 1 N–H and O–H groups in total. The van der Waals surface area contributed by atoms with Crippen LogP contribution in [0.2, 0.25) is 0 Å². The Kier molecular flexibility index (Phi) is 5.30.